The van der Waals surface area contributed by atoms with Gasteiger partial charge < -0.3 is 5.32 Å². The second kappa shape index (κ2) is 3.52. The van der Waals surface area contributed by atoms with Crippen molar-refractivity contribution in [2.45, 2.75) is 22.4 Å². The molecule has 1 saturated heterocycles. The summed E-state index contributed by atoms with van der Waals surface area (Å²) < 4.78 is -0.498. The van der Waals surface area contributed by atoms with Crippen LogP contribution in [0.1, 0.15) is 12.8 Å². The van der Waals surface area contributed by atoms with Crippen molar-refractivity contribution in [2.75, 3.05) is 12.3 Å². The van der Waals surface area contributed by atoms with Crippen LogP contribution in [0.25, 0.3) is 0 Å². The molecule has 2 rings (SSSR count). The number of carbonyl (C=O) groups is 1. The van der Waals surface area contributed by atoms with Gasteiger partial charge in [-0.15, -0.1) is 35.0 Å². The van der Waals surface area contributed by atoms with Gasteiger partial charge in [-0.25, -0.2) is 0 Å². The SMILES string of the molecule is O=C1NCCC1SCC1CC1(Cl)Cl. The molecular formula is C8H11Cl2NOS. The fourth-order valence-corrected chi connectivity index (χ4v) is 3.51. The summed E-state index contributed by atoms with van der Waals surface area (Å²) in [5.74, 6) is 1.46. The fraction of sp³-hybridized carbons (Fsp3) is 0.875. The topological polar surface area (TPSA) is 29.1 Å². The van der Waals surface area contributed by atoms with E-state index in [9.17, 15) is 4.79 Å². The number of rotatable bonds is 3. The van der Waals surface area contributed by atoms with Crippen LogP contribution in [-0.2, 0) is 4.79 Å². The molecule has 1 saturated carbocycles. The third-order valence-electron chi connectivity index (χ3n) is 2.45. The first-order chi connectivity index (χ1) is 6.09. The van der Waals surface area contributed by atoms with E-state index < -0.39 is 4.33 Å². The van der Waals surface area contributed by atoms with E-state index in [2.05, 4.69) is 5.32 Å². The fourth-order valence-electron chi connectivity index (χ4n) is 1.41. The Balaban J connectivity index is 1.71. The summed E-state index contributed by atoms with van der Waals surface area (Å²) in [5, 5.41) is 2.94. The van der Waals surface area contributed by atoms with E-state index >= 15 is 0 Å². The lowest BCUT2D eigenvalue weighted by atomic mass is 10.4. The molecule has 1 N–H and O–H groups in total. The van der Waals surface area contributed by atoms with Crippen molar-refractivity contribution >= 4 is 40.9 Å². The van der Waals surface area contributed by atoms with Crippen LogP contribution >= 0.6 is 35.0 Å². The number of hydrogen-bond donors (Lipinski definition) is 1. The molecule has 2 nitrogen and oxygen atoms in total. The van der Waals surface area contributed by atoms with E-state index in [1.165, 1.54) is 0 Å². The average molecular weight is 240 g/mol. The number of halogens is 2. The van der Waals surface area contributed by atoms with Gasteiger partial charge in [0.1, 0.15) is 4.33 Å². The smallest absolute Gasteiger partial charge is 0.233 e. The maximum atomic E-state index is 11.2. The first-order valence-corrected chi connectivity index (χ1v) is 6.17. The molecule has 1 aliphatic heterocycles. The van der Waals surface area contributed by atoms with E-state index in [0.717, 1.165) is 25.1 Å². The molecular weight excluding hydrogens is 229 g/mol. The Labute approximate surface area is 91.7 Å². The Morgan fingerprint density at radius 3 is 2.77 bits per heavy atom. The van der Waals surface area contributed by atoms with Gasteiger partial charge in [-0.1, -0.05) is 0 Å². The molecule has 13 heavy (non-hydrogen) atoms. The predicted octanol–water partition coefficient (Wildman–Crippen LogP) is 1.80. The number of nitrogens with one attached hydrogen (secondary N) is 1. The molecule has 2 fully saturated rings. The maximum Gasteiger partial charge on any atom is 0.233 e. The van der Waals surface area contributed by atoms with E-state index in [0.29, 0.717) is 5.92 Å². The minimum atomic E-state index is -0.498. The summed E-state index contributed by atoms with van der Waals surface area (Å²) in [7, 11) is 0. The molecule has 1 heterocycles. The van der Waals surface area contributed by atoms with E-state index in [4.69, 9.17) is 23.2 Å². The number of hydrogen-bond acceptors (Lipinski definition) is 2. The van der Waals surface area contributed by atoms with Crippen molar-refractivity contribution in [1.29, 1.82) is 0 Å². The zero-order valence-electron chi connectivity index (χ0n) is 7.06. The van der Waals surface area contributed by atoms with Crippen LogP contribution in [0, 0.1) is 5.92 Å². The predicted molar refractivity (Wildman–Crippen MR) is 56.4 cm³/mol. The lowest BCUT2D eigenvalue weighted by Gasteiger charge is -2.05. The summed E-state index contributed by atoms with van der Waals surface area (Å²) in [6.07, 6.45) is 1.81. The number of carbonyl (C=O) groups excluding carboxylic acids is 1. The Morgan fingerprint density at radius 2 is 2.31 bits per heavy atom. The number of thioether (sulfide) groups is 1. The van der Waals surface area contributed by atoms with E-state index in [1.54, 1.807) is 11.8 Å². The van der Waals surface area contributed by atoms with Gasteiger partial charge in [0.05, 0.1) is 5.25 Å². The largest absolute Gasteiger partial charge is 0.355 e. The van der Waals surface area contributed by atoms with Crippen molar-refractivity contribution in [3.63, 3.8) is 0 Å². The van der Waals surface area contributed by atoms with Gasteiger partial charge in [-0.05, 0) is 18.6 Å². The lowest BCUT2D eigenvalue weighted by Crippen LogP contribution is -2.21. The van der Waals surface area contributed by atoms with Crippen molar-refractivity contribution in [1.82, 2.24) is 5.32 Å². The standard InChI is InChI=1S/C8H11Cl2NOS/c9-8(10)3-5(8)4-13-6-1-2-11-7(6)12/h5-6H,1-4H2,(H,11,12). The van der Waals surface area contributed by atoms with Crippen LogP contribution in [-0.4, -0.2) is 27.8 Å². The van der Waals surface area contributed by atoms with Crippen molar-refractivity contribution in [3.05, 3.63) is 0 Å². The molecule has 5 heteroatoms. The van der Waals surface area contributed by atoms with E-state index in [-0.39, 0.29) is 11.2 Å². The Hall–Kier alpha value is 0.400. The molecule has 0 aromatic rings. The van der Waals surface area contributed by atoms with Gasteiger partial charge in [0.25, 0.3) is 0 Å². The molecule has 2 unspecified atom stereocenters. The minimum Gasteiger partial charge on any atom is -0.355 e. The van der Waals surface area contributed by atoms with Gasteiger partial charge in [0, 0.05) is 12.5 Å². The first kappa shape index (κ1) is 9.94. The molecule has 0 bridgehead atoms. The maximum absolute atomic E-state index is 11.2. The van der Waals surface area contributed by atoms with Gasteiger partial charge in [0.15, 0.2) is 0 Å². The zero-order valence-corrected chi connectivity index (χ0v) is 9.38. The van der Waals surface area contributed by atoms with Crippen LogP contribution in [0.15, 0.2) is 0 Å². The van der Waals surface area contributed by atoms with Crippen molar-refractivity contribution in [3.8, 4) is 0 Å². The highest BCUT2D eigenvalue weighted by atomic mass is 35.5. The molecule has 1 amide bonds. The highest BCUT2D eigenvalue weighted by Crippen LogP contribution is 2.54. The third kappa shape index (κ3) is 2.25. The molecule has 0 spiro atoms. The minimum absolute atomic E-state index is 0.129. The van der Waals surface area contributed by atoms with Crippen LogP contribution < -0.4 is 5.32 Å². The molecule has 2 aliphatic rings. The average Bonchev–Trinajstić information content (AvgIpc) is 2.47. The Bertz CT molecular complexity index is 234. The molecule has 2 atom stereocenters. The van der Waals surface area contributed by atoms with Crippen molar-refractivity contribution < 1.29 is 4.79 Å². The molecule has 1 aliphatic carbocycles. The van der Waals surface area contributed by atoms with Gasteiger partial charge in [-0.3, -0.25) is 4.79 Å². The second-order valence-corrected chi connectivity index (χ2v) is 6.34. The molecule has 0 aromatic carbocycles. The quantitative estimate of drug-likeness (QED) is 0.762. The summed E-state index contributed by atoms with van der Waals surface area (Å²) in [6, 6.07) is 0. The summed E-state index contributed by atoms with van der Waals surface area (Å²) in [6.45, 7) is 0.814. The highest BCUT2D eigenvalue weighted by molar-refractivity contribution is 8.00. The Morgan fingerprint density at radius 1 is 1.62 bits per heavy atom. The van der Waals surface area contributed by atoms with Gasteiger partial charge >= 0.3 is 0 Å². The zero-order chi connectivity index (χ0) is 9.47. The summed E-state index contributed by atoms with van der Waals surface area (Å²) >= 11 is 13.4. The van der Waals surface area contributed by atoms with E-state index in [1.807, 2.05) is 0 Å². The second-order valence-electron chi connectivity index (χ2n) is 3.56. The molecule has 0 radical (unpaired) electrons. The Kier molecular flexibility index (Phi) is 2.69. The lowest BCUT2D eigenvalue weighted by molar-refractivity contribution is -0.118. The number of amides is 1. The van der Waals surface area contributed by atoms with Crippen LogP contribution in [0.4, 0.5) is 0 Å². The normalized spacial score (nSPS) is 36.0. The molecule has 0 aromatic heterocycles. The van der Waals surface area contributed by atoms with Crippen LogP contribution in [0.3, 0.4) is 0 Å². The summed E-state index contributed by atoms with van der Waals surface area (Å²) in [5.41, 5.74) is 0. The van der Waals surface area contributed by atoms with Crippen LogP contribution in [0.5, 0.6) is 0 Å². The van der Waals surface area contributed by atoms with Gasteiger partial charge in [0.2, 0.25) is 5.91 Å². The van der Waals surface area contributed by atoms with Crippen LogP contribution in [0.2, 0.25) is 0 Å². The molecule has 74 valence electrons. The van der Waals surface area contributed by atoms with Crippen molar-refractivity contribution in [2.24, 2.45) is 5.92 Å². The van der Waals surface area contributed by atoms with Gasteiger partial charge in [-0.2, -0.15) is 0 Å². The number of alkyl halides is 2. The summed E-state index contributed by atoms with van der Waals surface area (Å²) in [4.78, 5) is 11.2. The monoisotopic (exact) mass is 239 g/mol. The first-order valence-electron chi connectivity index (χ1n) is 4.37. The third-order valence-corrected chi connectivity index (χ3v) is 4.83. The highest BCUT2D eigenvalue weighted by Gasteiger charge is 2.51.